The summed E-state index contributed by atoms with van der Waals surface area (Å²) in [5.41, 5.74) is 0. The Balaban J connectivity index is 1.95. The second-order valence-corrected chi connectivity index (χ2v) is 3.71. The summed E-state index contributed by atoms with van der Waals surface area (Å²) in [6, 6.07) is 0. The lowest BCUT2D eigenvalue weighted by atomic mass is 9.92. The minimum absolute atomic E-state index is 0.107. The molecule has 2 rings (SSSR count). The van der Waals surface area contributed by atoms with Gasteiger partial charge in [-0.2, -0.15) is 0 Å². The molecule has 2 amide bonds. The van der Waals surface area contributed by atoms with E-state index in [0.717, 1.165) is 26.1 Å². The number of piperidine rings is 1. The molecule has 0 aromatic rings. The number of nitrogens with one attached hydrogen (secondary N) is 1. The van der Waals surface area contributed by atoms with Crippen molar-refractivity contribution >= 4 is 12.0 Å². The van der Waals surface area contributed by atoms with Crippen LogP contribution in [0.4, 0.5) is 4.79 Å². The maximum Gasteiger partial charge on any atom is 0.411 e. The predicted molar refractivity (Wildman–Crippen MR) is 44.2 cm³/mol. The Hall–Kier alpha value is -1.10. The van der Waals surface area contributed by atoms with Crippen LogP contribution in [0, 0.1) is 11.8 Å². The quantitative estimate of drug-likeness (QED) is 0.588. The molecule has 13 heavy (non-hydrogen) atoms. The molecule has 2 aliphatic heterocycles. The maximum absolute atomic E-state index is 11.3. The van der Waals surface area contributed by atoms with Gasteiger partial charge in [0.05, 0.1) is 5.92 Å². The highest BCUT2D eigenvalue weighted by Gasteiger charge is 2.42. The van der Waals surface area contributed by atoms with Gasteiger partial charge in [-0.15, -0.1) is 0 Å². The lowest BCUT2D eigenvalue weighted by Gasteiger charge is -2.19. The lowest BCUT2D eigenvalue weighted by Crippen LogP contribution is -2.40. The van der Waals surface area contributed by atoms with E-state index in [9.17, 15) is 9.59 Å². The zero-order valence-corrected chi connectivity index (χ0v) is 7.19. The molecule has 2 N–H and O–H groups in total. The van der Waals surface area contributed by atoms with E-state index in [1.807, 2.05) is 5.32 Å². The summed E-state index contributed by atoms with van der Waals surface area (Å²) in [5.74, 6) is -0.0658. The highest BCUT2D eigenvalue weighted by atomic mass is 16.4. The van der Waals surface area contributed by atoms with Crippen molar-refractivity contribution in [1.82, 2.24) is 10.2 Å². The molecule has 2 fully saturated rings. The van der Waals surface area contributed by atoms with Crippen LogP contribution in [-0.2, 0) is 4.79 Å². The average molecular weight is 184 g/mol. The van der Waals surface area contributed by atoms with Crippen LogP contribution < -0.4 is 5.32 Å². The van der Waals surface area contributed by atoms with Crippen molar-refractivity contribution in [3.63, 3.8) is 0 Å². The van der Waals surface area contributed by atoms with Gasteiger partial charge in [-0.3, -0.25) is 10.1 Å². The summed E-state index contributed by atoms with van der Waals surface area (Å²) in [6.45, 7) is 2.74. The van der Waals surface area contributed by atoms with Crippen molar-refractivity contribution in [3.8, 4) is 0 Å². The summed E-state index contributed by atoms with van der Waals surface area (Å²) in [6.07, 6.45) is -0.222. The van der Waals surface area contributed by atoms with Gasteiger partial charge in [0.15, 0.2) is 0 Å². The molecule has 2 saturated heterocycles. The van der Waals surface area contributed by atoms with Gasteiger partial charge >= 0.3 is 6.09 Å². The molecule has 3 atom stereocenters. The number of nitrogens with zero attached hydrogens (tertiary/aromatic N) is 1. The topological polar surface area (TPSA) is 69.6 Å². The first-order valence-corrected chi connectivity index (χ1v) is 4.43. The molecular formula is C8H12N2O3. The Bertz CT molecular complexity index is 254. The van der Waals surface area contributed by atoms with Crippen LogP contribution in [0.2, 0.25) is 0 Å². The van der Waals surface area contributed by atoms with Crippen LogP contribution in [0.15, 0.2) is 0 Å². The van der Waals surface area contributed by atoms with Crippen LogP contribution in [-0.4, -0.2) is 41.6 Å². The highest BCUT2D eigenvalue weighted by molar-refractivity contribution is 5.92. The minimum Gasteiger partial charge on any atom is -0.465 e. The molecule has 0 saturated carbocycles. The van der Waals surface area contributed by atoms with Crippen LogP contribution in [0.25, 0.3) is 0 Å². The Labute approximate surface area is 75.7 Å². The molecular weight excluding hydrogens is 172 g/mol. The number of hydrogen-bond acceptors (Lipinski definition) is 3. The minimum atomic E-state index is -1.25. The SMILES string of the molecule is O=C(O)NC(=O)[C@H]1CN2CC[C@H]1C2. The second-order valence-electron chi connectivity index (χ2n) is 3.71. The molecule has 0 aromatic carbocycles. The van der Waals surface area contributed by atoms with Crippen molar-refractivity contribution < 1.29 is 14.7 Å². The number of imide groups is 1. The van der Waals surface area contributed by atoms with E-state index in [2.05, 4.69) is 4.90 Å². The Morgan fingerprint density at radius 2 is 2.15 bits per heavy atom. The molecule has 2 aliphatic rings. The zero-order chi connectivity index (χ0) is 9.42. The van der Waals surface area contributed by atoms with Crippen LogP contribution >= 0.6 is 0 Å². The predicted octanol–water partition coefficient (Wildman–Crippen LogP) is -0.268. The third-order valence-corrected chi connectivity index (χ3v) is 2.90. The zero-order valence-electron chi connectivity index (χ0n) is 7.19. The van der Waals surface area contributed by atoms with Crippen molar-refractivity contribution in [1.29, 1.82) is 0 Å². The summed E-state index contributed by atoms with van der Waals surface area (Å²) in [7, 11) is 0. The van der Waals surface area contributed by atoms with E-state index >= 15 is 0 Å². The number of rotatable bonds is 1. The molecule has 5 nitrogen and oxygen atoms in total. The average Bonchev–Trinajstić information content (AvgIpc) is 2.62. The van der Waals surface area contributed by atoms with E-state index < -0.39 is 6.09 Å². The van der Waals surface area contributed by atoms with Crippen LogP contribution in [0.5, 0.6) is 0 Å². The fourth-order valence-electron chi connectivity index (χ4n) is 2.28. The number of fused-ring (bicyclic) bond motifs is 2. The van der Waals surface area contributed by atoms with E-state index in [0.29, 0.717) is 5.92 Å². The second kappa shape index (κ2) is 2.99. The number of hydrogen-bond donors (Lipinski definition) is 2. The normalized spacial score (nSPS) is 36.2. The number of carbonyl (C=O) groups excluding carboxylic acids is 1. The molecule has 5 heteroatoms. The van der Waals surface area contributed by atoms with Gasteiger partial charge in [0, 0.05) is 13.1 Å². The summed E-state index contributed by atoms with van der Waals surface area (Å²) in [4.78, 5) is 23.8. The van der Waals surface area contributed by atoms with Crippen molar-refractivity contribution in [2.75, 3.05) is 19.6 Å². The van der Waals surface area contributed by atoms with Gasteiger partial charge in [-0.05, 0) is 18.9 Å². The van der Waals surface area contributed by atoms with Gasteiger partial charge < -0.3 is 10.0 Å². The van der Waals surface area contributed by atoms with E-state index in [-0.39, 0.29) is 11.8 Å². The Kier molecular flexibility index (Phi) is 1.95. The van der Waals surface area contributed by atoms with Gasteiger partial charge in [0.1, 0.15) is 0 Å². The molecule has 0 spiro atoms. The third-order valence-electron chi connectivity index (χ3n) is 2.90. The first-order chi connectivity index (χ1) is 6.16. The van der Waals surface area contributed by atoms with Crippen molar-refractivity contribution in [3.05, 3.63) is 0 Å². The number of carboxylic acid groups (broad SMARTS) is 1. The van der Waals surface area contributed by atoms with E-state index in [4.69, 9.17) is 5.11 Å². The maximum atomic E-state index is 11.3. The van der Waals surface area contributed by atoms with Crippen molar-refractivity contribution in [2.45, 2.75) is 6.42 Å². The highest BCUT2D eigenvalue weighted by Crippen LogP contribution is 2.32. The van der Waals surface area contributed by atoms with Gasteiger partial charge in [0.2, 0.25) is 5.91 Å². The first-order valence-electron chi connectivity index (χ1n) is 4.43. The van der Waals surface area contributed by atoms with Gasteiger partial charge in [0.25, 0.3) is 0 Å². The smallest absolute Gasteiger partial charge is 0.411 e. The fourth-order valence-corrected chi connectivity index (χ4v) is 2.28. The fraction of sp³-hybridized carbons (Fsp3) is 0.750. The summed E-state index contributed by atoms with van der Waals surface area (Å²) in [5, 5.41) is 10.3. The van der Waals surface area contributed by atoms with E-state index in [1.165, 1.54) is 0 Å². The molecule has 2 bridgehead atoms. The third kappa shape index (κ3) is 1.51. The molecule has 2 heterocycles. The molecule has 72 valence electrons. The standard InChI is InChI=1S/C8H12N2O3/c11-7(9-8(12)13)6-4-10-2-1-5(6)3-10/h5-6H,1-4H2,(H,9,11)(H,12,13)/t5-,6-/m0/s1. The number of amides is 2. The summed E-state index contributed by atoms with van der Waals surface area (Å²) >= 11 is 0. The largest absolute Gasteiger partial charge is 0.465 e. The molecule has 0 aromatic heterocycles. The van der Waals surface area contributed by atoms with Gasteiger partial charge in [-0.25, -0.2) is 4.79 Å². The molecule has 0 radical (unpaired) electrons. The molecule has 1 unspecified atom stereocenters. The Morgan fingerprint density at radius 3 is 2.62 bits per heavy atom. The summed E-state index contributed by atoms with van der Waals surface area (Å²) < 4.78 is 0. The van der Waals surface area contributed by atoms with E-state index in [1.54, 1.807) is 0 Å². The Morgan fingerprint density at radius 1 is 1.38 bits per heavy atom. The van der Waals surface area contributed by atoms with Crippen LogP contribution in [0.3, 0.4) is 0 Å². The monoisotopic (exact) mass is 184 g/mol. The lowest BCUT2D eigenvalue weighted by molar-refractivity contribution is -0.125. The molecule has 0 aliphatic carbocycles. The number of carbonyl (C=O) groups is 2. The first kappa shape index (κ1) is 8.50. The van der Waals surface area contributed by atoms with Crippen LogP contribution in [0.1, 0.15) is 6.42 Å². The van der Waals surface area contributed by atoms with Gasteiger partial charge in [-0.1, -0.05) is 0 Å². The van der Waals surface area contributed by atoms with Crippen molar-refractivity contribution in [2.24, 2.45) is 11.8 Å².